The number of H-pyrrole nitrogens is 1. The summed E-state index contributed by atoms with van der Waals surface area (Å²) in [7, 11) is 0. The first-order valence-corrected chi connectivity index (χ1v) is 8.60. The zero-order valence-electron chi connectivity index (χ0n) is 14.4. The average molecular weight is 349 g/mol. The monoisotopic (exact) mass is 349 g/mol. The molecule has 3 N–H and O–H groups in total. The number of rotatable bonds is 3. The van der Waals surface area contributed by atoms with Crippen molar-refractivity contribution in [1.82, 2.24) is 15.5 Å². The Hall–Kier alpha value is -3.35. The van der Waals surface area contributed by atoms with Crippen LogP contribution in [0.4, 0.5) is 16.2 Å². The zero-order valence-corrected chi connectivity index (χ0v) is 14.4. The summed E-state index contributed by atoms with van der Waals surface area (Å²) in [5, 5.41) is 13.4. The second-order valence-electron chi connectivity index (χ2n) is 6.15. The van der Waals surface area contributed by atoms with E-state index in [1.165, 1.54) is 0 Å². The molecule has 7 heteroatoms. The first-order chi connectivity index (χ1) is 12.7. The van der Waals surface area contributed by atoms with E-state index in [2.05, 4.69) is 20.8 Å². The number of anilines is 2. The van der Waals surface area contributed by atoms with E-state index < -0.39 is 0 Å². The van der Waals surface area contributed by atoms with Gasteiger partial charge in [-0.3, -0.25) is 14.8 Å². The first kappa shape index (κ1) is 16.1. The van der Waals surface area contributed by atoms with E-state index in [0.29, 0.717) is 24.5 Å². The number of amides is 3. The normalized spacial score (nSPS) is 12.9. The maximum Gasteiger partial charge on any atom is 0.321 e. The van der Waals surface area contributed by atoms with Crippen LogP contribution >= 0.6 is 0 Å². The number of aromatic nitrogens is 2. The fourth-order valence-electron chi connectivity index (χ4n) is 3.24. The van der Waals surface area contributed by atoms with Crippen LogP contribution in [0.25, 0.3) is 10.9 Å². The Morgan fingerprint density at radius 2 is 2.08 bits per heavy atom. The van der Waals surface area contributed by atoms with Crippen LogP contribution in [0, 0.1) is 0 Å². The van der Waals surface area contributed by atoms with Crippen LogP contribution in [0.2, 0.25) is 0 Å². The summed E-state index contributed by atoms with van der Waals surface area (Å²) in [5.74, 6) is -0.287. The summed E-state index contributed by atoms with van der Waals surface area (Å²) in [6.45, 7) is 3.11. The number of urea groups is 1. The molecule has 1 aliphatic rings. The highest BCUT2D eigenvalue weighted by molar-refractivity contribution is 6.11. The number of para-hydroxylation sites is 1. The van der Waals surface area contributed by atoms with E-state index in [4.69, 9.17) is 0 Å². The lowest BCUT2D eigenvalue weighted by Gasteiger charge is -2.18. The SMILES string of the molecule is CCNC(=O)N1CCc2ccc(NC(=O)c3n[nH]c4ccccc34)cc21. The predicted molar refractivity (Wildman–Crippen MR) is 101 cm³/mol. The Balaban J connectivity index is 1.59. The van der Waals surface area contributed by atoms with Gasteiger partial charge in [0.25, 0.3) is 5.91 Å². The standard InChI is InChI=1S/C19H19N5O2/c1-2-20-19(26)24-10-9-12-7-8-13(11-16(12)24)21-18(25)17-14-5-3-4-6-15(14)22-23-17/h3-8,11H,2,9-10H2,1H3,(H,20,26)(H,21,25)(H,22,23). The molecular weight excluding hydrogens is 330 g/mol. The van der Waals surface area contributed by atoms with Crippen LogP contribution in [0.3, 0.4) is 0 Å². The van der Waals surface area contributed by atoms with Crippen molar-refractivity contribution in [3.63, 3.8) is 0 Å². The molecule has 26 heavy (non-hydrogen) atoms. The number of carbonyl (C=O) groups is 2. The third kappa shape index (κ3) is 2.77. The Morgan fingerprint density at radius 3 is 2.92 bits per heavy atom. The van der Waals surface area contributed by atoms with E-state index in [0.717, 1.165) is 28.6 Å². The summed E-state index contributed by atoms with van der Waals surface area (Å²) >= 11 is 0. The maximum atomic E-state index is 12.6. The second-order valence-corrected chi connectivity index (χ2v) is 6.15. The van der Waals surface area contributed by atoms with Crippen molar-refractivity contribution in [2.45, 2.75) is 13.3 Å². The van der Waals surface area contributed by atoms with Gasteiger partial charge in [-0.05, 0) is 37.1 Å². The van der Waals surface area contributed by atoms with Gasteiger partial charge in [-0.15, -0.1) is 0 Å². The summed E-state index contributed by atoms with van der Waals surface area (Å²) in [4.78, 5) is 26.5. The van der Waals surface area contributed by atoms with Crippen molar-refractivity contribution in [3.05, 3.63) is 53.7 Å². The molecule has 0 atom stereocenters. The Morgan fingerprint density at radius 1 is 1.23 bits per heavy atom. The number of nitrogens with one attached hydrogen (secondary N) is 3. The van der Waals surface area contributed by atoms with Gasteiger partial charge in [0.2, 0.25) is 0 Å². The molecule has 1 aromatic heterocycles. The van der Waals surface area contributed by atoms with Gasteiger partial charge < -0.3 is 10.6 Å². The molecule has 7 nitrogen and oxygen atoms in total. The minimum atomic E-state index is -0.287. The zero-order chi connectivity index (χ0) is 18.1. The van der Waals surface area contributed by atoms with Crippen LogP contribution in [-0.2, 0) is 6.42 Å². The van der Waals surface area contributed by atoms with Crippen LogP contribution in [0.15, 0.2) is 42.5 Å². The fraction of sp³-hybridized carbons (Fsp3) is 0.211. The maximum absolute atomic E-state index is 12.6. The highest BCUT2D eigenvalue weighted by atomic mass is 16.2. The van der Waals surface area contributed by atoms with E-state index in [-0.39, 0.29) is 11.9 Å². The third-order valence-electron chi connectivity index (χ3n) is 4.50. The molecule has 4 rings (SSSR count). The number of fused-ring (bicyclic) bond motifs is 2. The van der Waals surface area contributed by atoms with E-state index >= 15 is 0 Å². The molecular formula is C19H19N5O2. The number of carbonyl (C=O) groups excluding carboxylic acids is 2. The van der Waals surface area contributed by atoms with Crippen molar-refractivity contribution < 1.29 is 9.59 Å². The van der Waals surface area contributed by atoms with Crippen LogP contribution in [-0.4, -0.2) is 35.2 Å². The van der Waals surface area contributed by atoms with Gasteiger partial charge in [0.15, 0.2) is 5.69 Å². The molecule has 1 aliphatic heterocycles. The molecule has 0 saturated carbocycles. The van der Waals surface area contributed by atoms with Crippen LogP contribution in [0.5, 0.6) is 0 Å². The van der Waals surface area contributed by atoms with Gasteiger partial charge in [-0.25, -0.2) is 4.79 Å². The lowest BCUT2D eigenvalue weighted by Crippen LogP contribution is -2.38. The Labute approximate surface area is 150 Å². The minimum absolute atomic E-state index is 0.118. The molecule has 0 aliphatic carbocycles. The number of aromatic amines is 1. The number of hydrogen-bond acceptors (Lipinski definition) is 3. The van der Waals surface area contributed by atoms with Gasteiger partial charge >= 0.3 is 6.03 Å². The number of nitrogens with zero attached hydrogens (tertiary/aromatic N) is 2. The van der Waals surface area contributed by atoms with Crippen molar-refractivity contribution in [2.75, 3.05) is 23.3 Å². The van der Waals surface area contributed by atoms with E-state index in [1.807, 2.05) is 49.4 Å². The Kier molecular flexibility index (Phi) is 4.04. The molecule has 0 radical (unpaired) electrons. The number of hydrogen-bond donors (Lipinski definition) is 3. The lowest BCUT2D eigenvalue weighted by atomic mass is 10.1. The quantitative estimate of drug-likeness (QED) is 0.679. The molecule has 0 unspecified atom stereocenters. The highest BCUT2D eigenvalue weighted by Crippen LogP contribution is 2.31. The van der Waals surface area contributed by atoms with Gasteiger partial charge in [0.1, 0.15) is 0 Å². The smallest absolute Gasteiger partial charge is 0.321 e. The molecule has 0 saturated heterocycles. The van der Waals surface area contributed by atoms with Crippen molar-refractivity contribution in [1.29, 1.82) is 0 Å². The average Bonchev–Trinajstić information content (AvgIpc) is 3.25. The molecule has 0 fully saturated rings. The summed E-state index contributed by atoms with van der Waals surface area (Å²) in [5.41, 5.74) is 3.73. The molecule has 3 amide bonds. The second kappa shape index (κ2) is 6.51. The Bertz CT molecular complexity index is 995. The van der Waals surface area contributed by atoms with Gasteiger partial charge in [0, 0.05) is 24.2 Å². The molecule has 0 bridgehead atoms. The van der Waals surface area contributed by atoms with Gasteiger partial charge in [0.05, 0.1) is 11.2 Å². The van der Waals surface area contributed by atoms with Gasteiger partial charge in [-0.1, -0.05) is 24.3 Å². The van der Waals surface area contributed by atoms with Crippen molar-refractivity contribution in [3.8, 4) is 0 Å². The fourth-order valence-corrected chi connectivity index (χ4v) is 3.24. The summed E-state index contributed by atoms with van der Waals surface area (Å²) < 4.78 is 0. The molecule has 2 aromatic carbocycles. The molecule has 0 spiro atoms. The predicted octanol–water partition coefficient (Wildman–Crippen LogP) is 2.91. The lowest BCUT2D eigenvalue weighted by molar-refractivity contribution is 0.102. The van der Waals surface area contributed by atoms with Crippen LogP contribution < -0.4 is 15.5 Å². The molecule has 3 aromatic rings. The number of benzene rings is 2. The largest absolute Gasteiger partial charge is 0.338 e. The molecule has 132 valence electrons. The highest BCUT2D eigenvalue weighted by Gasteiger charge is 2.25. The van der Waals surface area contributed by atoms with Gasteiger partial charge in [-0.2, -0.15) is 5.10 Å². The van der Waals surface area contributed by atoms with E-state index in [1.54, 1.807) is 4.90 Å². The van der Waals surface area contributed by atoms with Crippen molar-refractivity contribution >= 4 is 34.2 Å². The first-order valence-electron chi connectivity index (χ1n) is 8.60. The van der Waals surface area contributed by atoms with E-state index in [9.17, 15) is 9.59 Å². The molecule has 2 heterocycles. The van der Waals surface area contributed by atoms with Crippen molar-refractivity contribution in [2.24, 2.45) is 0 Å². The third-order valence-corrected chi connectivity index (χ3v) is 4.50. The summed E-state index contributed by atoms with van der Waals surface area (Å²) in [6.07, 6.45) is 0.810. The van der Waals surface area contributed by atoms with Crippen LogP contribution in [0.1, 0.15) is 23.0 Å². The summed E-state index contributed by atoms with van der Waals surface area (Å²) in [6, 6.07) is 13.0. The topological polar surface area (TPSA) is 90.1 Å². The minimum Gasteiger partial charge on any atom is -0.338 e.